The van der Waals surface area contributed by atoms with Crippen LogP contribution in [0.4, 0.5) is 0 Å². The molecule has 9 heteroatoms. The van der Waals surface area contributed by atoms with E-state index in [2.05, 4.69) is 5.32 Å². The Kier molecular flexibility index (Phi) is 6.46. The first-order valence-electron chi connectivity index (χ1n) is 9.55. The van der Waals surface area contributed by atoms with Gasteiger partial charge in [-0.1, -0.05) is 18.2 Å². The van der Waals surface area contributed by atoms with E-state index in [1.807, 2.05) is 0 Å². The minimum atomic E-state index is -3.61. The summed E-state index contributed by atoms with van der Waals surface area (Å²) < 4.78 is 26.9. The first-order chi connectivity index (χ1) is 13.4. The summed E-state index contributed by atoms with van der Waals surface area (Å²) in [5.41, 5.74) is 0. The second-order valence-electron chi connectivity index (χ2n) is 7.10. The normalized spacial score (nSPS) is 21.1. The fourth-order valence-corrected chi connectivity index (χ4v) is 5.13. The molecule has 1 unspecified atom stereocenters. The van der Waals surface area contributed by atoms with Crippen molar-refractivity contribution in [3.8, 4) is 0 Å². The zero-order valence-corrected chi connectivity index (χ0v) is 16.5. The van der Waals surface area contributed by atoms with Gasteiger partial charge in [-0.2, -0.15) is 4.31 Å². The molecule has 8 nitrogen and oxygen atoms in total. The summed E-state index contributed by atoms with van der Waals surface area (Å²) in [5, 5.41) is 2.81. The molecule has 1 N–H and O–H groups in total. The zero-order valence-electron chi connectivity index (χ0n) is 15.7. The van der Waals surface area contributed by atoms with Crippen LogP contribution in [0.1, 0.15) is 32.1 Å². The van der Waals surface area contributed by atoms with Gasteiger partial charge in [0.1, 0.15) is 0 Å². The maximum Gasteiger partial charge on any atom is 0.243 e. The van der Waals surface area contributed by atoms with Gasteiger partial charge in [0.2, 0.25) is 27.7 Å². The molecule has 2 saturated heterocycles. The smallest absolute Gasteiger partial charge is 0.243 e. The Bertz CT molecular complexity index is 824. The Morgan fingerprint density at radius 3 is 2.46 bits per heavy atom. The molecule has 0 aromatic heterocycles. The average molecular weight is 407 g/mol. The third-order valence-corrected chi connectivity index (χ3v) is 7.03. The van der Waals surface area contributed by atoms with Crippen LogP contribution in [-0.2, 0) is 24.4 Å². The van der Waals surface area contributed by atoms with Gasteiger partial charge < -0.3 is 5.32 Å². The van der Waals surface area contributed by atoms with Gasteiger partial charge in [-0.15, -0.1) is 0 Å². The van der Waals surface area contributed by atoms with E-state index in [0.29, 0.717) is 38.9 Å². The van der Waals surface area contributed by atoms with E-state index < -0.39 is 15.9 Å². The van der Waals surface area contributed by atoms with Gasteiger partial charge in [0, 0.05) is 39.0 Å². The molecule has 0 spiro atoms. The molecule has 28 heavy (non-hydrogen) atoms. The molecule has 1 atom stereocenters. The number of likely N-dealkylation sites (tertiary alicyclic amines) is 1. The third kappa shape index (κ3) is 4.59. The molecular weight excluding hydrogens is 382 g/mol. The lowest BCUT2D eigenvalue weighted by Gasteiger charge is -2.31. The second kappa shape index (κ2) is 8.83. The van der Waals surface area contributed by atoms with Gasteiger partial charge in [0.05, 0.1) is 10.8 Å². The lowest BCUT2D eigenvalue weighted by molar-refractivity contribution is -0.138. The number of hydrogen-bond acceptors (Lipinski definition) is 5. The van der Waals surface area contributed by atoms with E-state index in [0.717, 1.165) is 0 Å². The van der Waals surface area contributed by atoms with E-state index in [9.17, 15) is 22.8 Å². The Morgan fingerprint density at radius 1 is 1.11 bits per heavy atom. The maximum atomic E-state index is 12.7. The number of amides is 3. The fraction of sp³-hybridized carbons (Fsp3) is 0.526. The van der Waals surface area contributed by atoms with Crippen LogP contribution in [0.3, 0.4) is 0 Å². The Balaban J connectivity index is 1.49. The fourth-order valence-electron chi connectivity index (χ4n) is 3.58. The summed E-state index contributed by atoms with van der Waals surface area (Å²) in [7, 11) is -3.61. The Morgan fingerprint density at radius 2 is 1.79 bits per heavy atom. The number of piperidine rings is 1. The van der Waals surface area contributed by atoms with Crippen LogP contribution in [0.2, 0.25) is 0 Å². The van der Waals surface area contributed by atoms with Crippen LogP contribution in [0.25, 0.3) is 0 Å². The number of nitrogens with zero attached hydrogens (tertiary/aromatic N) is 2. The van der Waals surface area contributed by atoms with Crippen LogP contribution in [0.15, 0.2) is 35.2 Å². The molecule has 2 fully saturated rings. The number of imide groups is 1. The summed E-state index contributed by atoms with van der Waals surface area (Å²) >= 11 is 0. The predicted molar refractivity (Wildman–Crippen MR) is 102 cm³/mol. The van der Waals surface area contributed by atoms with Crippen molar-refractivity contribution in [1.29, 1.82) is 0 Å². The van der Waals surface area contributed by atoms with E-state index >= 15 is 0 Å². The summed E-state index contributed by atoms with van der Waals surface area (Å²) in [6.45, 7) is 1.21. The standard InChI is InChI=1S/C19H25N3O5S/c23-17-9-10-18(24)22(17)13-5-11-20-19(25)15-6-4-12-21(14-15)28(26,27)16-7-2-1-3-8-16/h1-3,7-8,15H,4-6,9-14H2,(H,20,25). The molecule has 152 valence electrons. The van der Waals surface area contributed by atoms with Crippen LogP contribution in [-0.4, -0.2) is 61.5 Å². The van der Waals surface area contributed by atoms with E-state index in [4.69, 9.17) is 0 Å². The lowest BCUT2D eigenvalue weighted by Crippen LogP contribution is -2.45. The third-order valence-electron chi connectivity index (χ3n) is 5.15. The first kappa shape index (κ1) is 20.5. The highest BCUT2D eigenvalue weighted by molar-refractivity contribution is 7.89. The van der Waals surface area contributed by atoms with Crippen LogP contribution in [0.5, 0.6) is 0 Å². The molecule has 0 radical (unpaired) electrons. The molecule has 3 rings (SSSR count). The van der Waals surface area contributed by atoms with Crippen LogP contribution < -0.4 is 5.32 Å². The predicted octanol–water partition coefficient (Wildman–Crippen LogP) is 0.743. The van der Waals surface area contributed by atoms with Crippen molar-refractivity contribution in [3.05, 3.63) is 30.3 Å². The van der Waals surface area contributed by atoms with Crippen molar-refractivity contribution in [2.24, 2.45) is 5.92 Å². The highest BCUT2D eigenvalue weighted by Crippen LogP contribution is 2.23. The Labute approximate surface area is 164 Å². The minimum absolute atomic E-state index is 0.159. The zero-order chi connectivity index (χ0) is 20.1. The summed E-state index contributed by atoms with van der Waals surface area (Å²) in [5.74, 6) is -0.912. The molecule has 0 aliphatic carbocycles. The second-order valence-corrected chi connectivity index (χ2v) is 9.04. The molecule has 2 aliphatic heterocycles. The van der Waals surface area contributed by atoms with Crippen molar-refractivity contribution < 1.29 is 22.8 Å². The molecular formula is C19H25N3O5S. The monoisotopic (exact) mass is 407 g/mol. The van der Waals surface area contributed by atoms with E-state index in [1.54, 1.807) is 30.3 Å². The van der Waals surface area contributed by atoms with Gasteiger partial charge >= 0.3 is 0 Å². The van der Waals surface area contributed by atoms with Crippen molar-refractivity contribution >= 4 is 27.7 Å². The summed E-state index contributed by atoms with van der Waals surface area (Å²) in [6, 6.07) is 8.22. The summed E-state index contributed by atoms with van der Waals surface area (Å²) in [4.78, 5) is 37.0. The highest BCUT2D eigenvalue weighted by atomic mass is 32.2. The molecule has 2 heterocycles. The molecule has 0 bridgehead atoms. The number of hydrogen-bond donors (Lipinski definition) is 1. The van der Waals surface area contributed by atoms with Gasteiger partial charge in [-0.05, 0) is 31.4 Å². The topological polar surface area (TPSA) is 104 Å². The van der Waals surface area contributed by atoms with Gasteiger partial charge in [-0.25, -0.2) is 8.42 Å². The van der Waals surface area contributed by atoms with Crippen molar-refractivity contribution in [1.82, 2.24) is 14.5 Å². The average Bonchev–Trinajstić information content (AvgIpc) is 3.03. The molecule has 2 aliphatic rings. The van der Waals surface area contributed by atoms with E-state index in [1.165, 1.54) is 9.21 Å². The number of benzene rings is 1. The van der Waals surface area contributed by atoms with Gasteiger partial charge in [0.15, 0.2) is 0 Å². The van der Waals surface area contributed by atoms with Crippen LogP contribution in [0, 0.1) is 5.92 Å². The largest absolute Gasteiger partial charge is 0.356 e. The highest BCUT2D eigenvalue weighted by Gasteiger charge is 2.33. The minimum Gasteiger partial charge on any atom is -0.356 e. The summed E-state index contributed by atoms with van der Waals surface area (Å²) in [6.07, 6.45) is 2.27. The first-order valence-corrected chi connectivity index (χ1v) is 11.0. The SMILES string of the molecule is O=C(NCCCN1C(=O)CCC1=O)C1CCCN(S(=O)(=O)c2ccccc2)C1. The Hall–Kier alpha value is -2.26. The lowest BCUT2D eigenvalue weighted by atomic mass is 9.99. The molecule has 0 saturated carbocycles. The number of sulfonamides is 1. The number of rotatable bonds is 7. The number of nitrogens with one attached hydrogen (secondary N) is 1. The van der Waals surface area contributed by atoms with Crippen molar-refractivity contribution in [2.45, 2.75) is 37.0 Å². The number of carbonyl (C=O) groups excluding carboxylic acids is 3. The number of carbonyl (C=O) groups is 3. The molecule has 3 amide bonds. The van der Waals surface area contributed by atoms with Crippen LogP contribution >= 0.6 is 0 Å². The molecule has 1 aromatic rings. The quantitative estimate of drug-likeness (QED) is 0.530. The van der Waals surface area contributed by atoms with Gasteiger partial charge in [-0.3, -0.25) is 19.3 Å². The van der Waals surface area contributed by atoms with Crippen molar-refractivity contribution in [2.75, 3.05) is 26.2 Å². The van der Waals surface area contributed by atoms with Crippen molar-refractivity contribution in [3.63, 3.8) is 0 Å². The maximum absolute atomic E-state index is 12.7. The molecule has 1 aromatic carbocycles. The van der Waals surface area contributed by atoms with Gasteiger partial charge in [0.25, 0.3) is 0 Å². The van der Waals surface area contributed by atoms with E-state index in [-0.39, 0.29) is 42.0 Å².